The van der Waals surface area contributed by atoms with Gasteiger partial charge in [-0.05, 0) is 67.1 Å². The maximum Gasteiger partial charge on any atom is 0.416 e. The lowest BCUT2D eigenvalue weighted by Gasteiger charge is -2.15. The zero-order valence-corrected chi connectivity index (χ0v) is 20.0. The van der Waals surface area contributed by atoms with Crippen LogP contribution in [0.4, 0.5) is 30.2 Å². The first-order valence-electron chi connectivity index (χ1n) is 11.4. The van der Waals surface area contributed by atoms with E-state index in [-0.39, 0.29) is 5.69 Å². The van der Waals surface area contributed by atoms with Gasteiger partial charge in [-0.1, -0.05) is 12.1 Å². The maximum absolute atomic E-state index is 13.1. The monoisotopic (exact) mass is 501 g/mol. The number of alkyl halides is 3. The number of pyridine rings is 2. The summed E-state index contributed by atoms with van der Waals surface area (Å²) in [5, 5.41) is 6.88. The molecule has 2 N–H and O–H groups in total. The summed E-state index contributed by atoms with van der Waals surface area (Å²) in [7, 11) is 1.91. The lowest BCUT2D eigenvalue weighted by molar-refractivity contribution is -0.137. The minimum atomic E-state index is -4.50. The number of nitrogens with zero attached hydrogens (tertiary/aromatic N) is 3. The van der Waals surface area contributed by atoms with Gasteiger partial charge in [-0.3, -0.25) is 9.78 Å². The zero-order valence-electron chi connectivity index (χ0n) is 20.0. The number of hydrogen-bond acceptors (Lipinski definition) is 4. The highest BCUT2D eigenvalue weighted by Gasteiger charge is 2.30. The van der Waals surface area contributed by atoms with Gasteiger partial charge in [0.25, 0.3) is 5.91 Å². The normalized spacial score (nSPS) is 11.5. The summed E-state index contributed by atoms with van der Waals surface area (Å²) >= 11 is 0. The van der Waals surface area contributed by atoms with Crippen LogP contribution in [0.5, 0.6) is 0 Å². The van der Waals surface area contributed by atoms with E-state index in [0.29, 0.717) is 11.3 Å². The lowest BCUT2D eigenvalue weighted by atomic mass is 10.1. The minimum absolute atomic E-state index is 0.0659. The molecule has 0 atom stereocenters. The molecule has 3 heterocycles. The molecular formula is C28H22F3N5O. The molecule has 0 saturated heterocycles. The largest absolute Gasteiger partial charge is 0.416 e. The molecule has 0 bridgehead atoms. The highest BCUT2D eigenvalue weighted by molar-refractivity contribution is 6.05. The van der Waals surface area contributed by atoms with Gasteiger partial charge >= 0.3 is 6.18 Å². The van der Waals surface area contributed by atoms with Crippen molar-refractivity contribution < 1.29 is 18.0 Å². The van der Waals surface area contributed by atoms with Crippen molar-refractivity contribution in [2.45, 2.75) is 13.1 Å². The van der Waals surface area contributed by atoms with Crippen molar-refractivity contribution in [2.75, 3.05) is 10.6 Å². The number of hydrogen-bond donors (Lipinski definition) is 2. The van der Waals surface area contributed by atoms with Crippen LogP contribution in [-0.2, 0) is 13.2 Å². The number of carbonyl (C=O) groups is 1. The Morgan fingerprint density at radius 3 is 2.57 bits per heavy atom. The number of aryl methyl sites for hydroxylation is 2. The molecular weight excluding hydrogens is 479 g/mol. The third-order valence-electron chi connectivity index (χ3n) is 6.01. The molecule has 186 valence electrons. The molecule has 0 fully saturated rings. The number of benzene rings is 2. The molecule has 0 spiro atoms. The quantitative estimate of drug-likeness (QED) is 0.273. The molecule has 0 radical (unpaired) electrons. The highest BCUT2D eigenvalue weighted by Crippen LogP contribution is 2.33. The summed E-state index contributed by atoms with van der Waals surface area (Å²) in [6, 6.07) is 17.3. The Labute approximate surface area is 210 Å². The summed E-state index contributed by atoms with van der Waals surface area (Å²) in [6.45, 7) is 1.90. The van der Waals surface area contributed by atoms with Crippen LogP contribution in [0.3, 0.4) is 0 Å². The van der Waals surface area contributed by atoms with Crippen LogP contribution in [0, 0.1) is 6.92 Å². The van der Waals surface area contributed by atoms with Crippen LogP contribution in [0.15, 0.2) is 85.3 Å². The summed E-state index contributed by atoms with van der Waals surface area (Å²) < 4.78 is 41.1. The van der Waals surface area contributed by atoms with Crippen molar-refractivity contribution in [1.29, 1.82) is 0 Å². The third kappa shape index (κ3) is 5.02. The molecule has 5 rings (SSSR count). The first-order valence-corrected chi connectivity index (χ1v) is 11.4. The van der Waals surface area contributed by atoms with Crippen molar-refractivity contribution in [3.8, 4) is 11.3 Å². The molecule has 37 heavy (non-hydrogen) atoms. The molecule has 0 saturated carbocycles. The number of aromatic nitrogens is 3. The summed E-state index contributed by atoms with van der Waals surface area (Å²) in [5.41, 5.74) is 4.28. The second-order valence-corrected chi connectivity index (χ2v) is 8.65. The SMILES string of the molecule is Cc1ccc(C(=O)Nc2cccc(C(F)(F)F)c2)cc1Nc1cc(-c2cccnc2)nc2c1ccn2C. The predicted octanol–water partition coefficient (Wildman–Crippen LogP) is 6.96. The molecule has 5 aromatic rings. The fourth-order valence-electron chi connectivity index (χ4n) is 4.02. The van der Waals surface area contributed by atoms with Crippen molar-refractivity contribution in [3.63, 3.8) is 0 Å². The van der Waals surface area contributed by atoms with E-state index in [0.717, 1.165) is 45.7 Å². The second kappa shape index (κ2) is 9.42. The van der Waals surface area contributed by atoms with Crippen molar-refractivity contribution in [3.05, 3.63) is 102 Å². The molecule has 3 aromatic heterocycles. The molecule has 0 aliphatic carbocycles. The molecule has 2 aromatic carbocycles. The molecule has 0 aliphatic rings. The van der Waals surface area contributed by atoms with Gasteiger partial charge in [-0.2, -0.15) is 13.2 Å². The Balaban J connectivity index is 1.47. The van der Waals surface area contributed by atoms with Gasteiger partial charge in [0.15, 0.2) is 0 Å². The van der Waals surface area contributed by atoms with E-state index in [1.807, 2.05) is 49.0 Å². The van der Waals surface area contributed by atoms with E-state index < -0.39 is 17.6 Å². The van der Waals surface area contributed by atoms with Crippen LogP contribution in [-0.4, -0.2) is 20.4 Å². The Hall–Kier alpha value is -4.66. The number of anilines is 3. The summed E-state index contributed by atoms with van der Waals surface area (Å²) in [4.78, 5) is 21.9. The molecule has 1 amide bonds. The number of nitrogens with one attached hydrogen (secondary N) is 2. The number of fused-ring (bicyclic) bond motifs is 1. The smallest absolute Gasteiger partial charge is 0.355 e. The average molecular weight is 502 g/mol. The van der Waals surface area contributed by atoms with E-state index in [1.54, 1.807) is 30.6 Å². The van der Waals surface area contributed by atoms with Gasteiger partial charge in [0.2, 0.25) is 0 Å². The number of halogens is 3. The van der Waals surface area contributed by atoms with E-state index in [2.05, 4.69) is 15.6 Å². The fraction of sp³-hybridized carbons (Fsp3) is 0.107. The Morgan fingerprint density at radius 1 is 0.973 bits per heavy atom. The lowest BCUT2D eigenvalue weighted by Crippen LogP contribution is -2.13. The van der Waals surface area contributed by atoms with Crippen LogP contribution in [0.1, 0.15) is 21.5 Å². The van der Waals surface area contributed by atoms with Gasteiger partial charge in [0.05, 0.1) is 16.9 Å². The van der Waals surface area contributed by atoms with Crippen molar-refractivity contribution >= 4 is 34.0 Å². The third-order valence-corrected chi connectivity index (χ3v) is 6.01. The van der Waals surface area contributed by atoms with Gasteiger partial charge in [0, 0.05) is 53.5 Å². The van der Waals surface area contributed by atoms with Crippen LogP contribution in [0.2, 0.25) is 0 Å². The molecule has 9 heteroatoms. The Kier molecular flexibility index (Phi) is 6.12. The van der Waals surface area contributed by atoms with Crippen molar-refractivity contribution in [2.24, 2.45) is 7.05 Å². The molecule has 0 aliphatic heterocycles. The summed E-state index contributed by atoms with van der Waals surface area (Å²) in [5.74, 6) is -0.516. The van der Waals surface area contributed by atoms with E-state index in [4.69, 9.17) is 4.98 Å². The molecule has 6 nitrogen and oxygen atoms in total. The maximum atomic E-state index is 13.1. The van der Waals surface area contributed by atoms with E-state index in [9.17, 15) is 18.0 Å². The molecule has 0 unspecified atom stereocenters. The number of carbonyl (C=O) groups excluding carboxylic acids is 1. The van der Waals surface area contributed by atoms with Crippen LogP contribution in [0.25, 0.3) is 22.3 Å². The Morgan fingerprint density at radius 2 is 1.81 bits per heavy atom. The summed E-state index contributed by atoms with van der Waals surface area (Å²) in [6.07, 6.45) is 0.860. The van der Waals surface area contributed by atoms with Crippen LogP contribution >= 0.6 is 0 Å². The first-order chi connectivity index (χ1) is 17.7. The topological polar surface area (TPSA) is 71.8 Å². The highest BCUT2D eigenvalue weighted by atomic mass is 19.4. The average Bonchev–Trinajstić information content (AvgIpc) is 3.26. The number of amides is 1. The van der Waals surface area contributed by atoms with E-state index in [1.165, 1.54) is 12.1 Å². The first kappa shape index (κ1) is 24.1. The Bertz CT molecular complexity index is 1610. The van der Waals surface area contributed by atoms with Crippen LogP contribution < -0.4 is 10.6 Å². The van der Waals surface area contributed by atoms with Crippen molar-refractivity contribution in [1.82, 2.24) is 14.5 Å². The predicted molar refractivity (Wildman–Crippen MR) is 138 cm³/mol. The fourth-order valence-corrected chi connectivity index (χ4v) is 4.02. The van der Waals surface area contributed by atoms with Gasteiger partial charge in [-0.25, -0.2) is 4.98 Å². The van der Waals surface area contributed by atoms with Gasteiger partial charge in [-0.15, -0.1) is 0 Å². The van der Waals surface area contributed by atoms with Gasteiger partial charge < -0.3 is 15.2 Å². The minimum Gasteiger partial charge on any atom is -0.355 e. The standard InChI is InChI=1S/C28H22F3N5O/c1-17-8-9-18(27(37)33-21-7-3-6-20(14-21)28(29,30)31)13-23(17)34-25-15-24(19-5-4-11-32-16-19)35-26-22(25)10-12-36(26)2/h3-16H,1-2H3,(H,33,37)(H,34,35). The van der Waals surface area contributed by atoms with Gasteiger partial charge in [0.1, 0.15) is 5.65 Å². The van der Waals surface area contributed by atoms with E-state index >= 15 is 0 Å². The zero-order chi connectivity index (χ0) is 26.2. The second-order valence-electron chi connectivity index (χ2n) is 8.65. The number of rotatable bonds is 5.